The number of hydrogen-bond acceptors (Lipinski definition) is 2. The van der Waals surface area contributed by atoms with E-state index in [0.29, 0.717) is 30.2 Å². The second-order valence-corrected chi connectivity index (χ2v) is 5.80. The maximum Gasteiger partial charge on any atom is 0.162 e. The lowest BCUT2D eigenvalue weighted by Gasteiger charge is -2.42. The number of morpholine rings is 1. The highest BCUT2D eigenvalue weighted by Gasteiger charge is 2.32. The van der Waals surface area contributed by atoms with E-state index in [2.05, 4.69) is 18.0 Å². The van der Waals surface area contributed by atoms with Crippen molar-refractivity contribution in [3.05, 3.63) is 46.5 Å². The van der Waals surface area contributed by atoms with Crippen LogP contribution in [-0.4, -0.2) is 37.2 Å². The molecule has 2 aliphatic heterocycles. The molecule has 0 spiro atoms. The van der Waals surface area contributed by atoms with Crippen molar-refractivity contribution in [2.45, 2.75) is 31.8 Å². The Hall–Kier alpha value is -1.26. The molecule has 0 aliphatic carbocycles. The minimum atomic E-state index is -0.723. The molecule has 1 fully saturated rings. The lowest BCUT2D eigenvalue weighted by atomic mass is 9.90. The monoisotopic (exact) mass is 279 g/mol. The van der Waals surface area contributed by atoms with Crippen molar-refractivity contribution in [3.63, 3.8) is 0 Å². The number of hydrogen-bond donors (Lipinski definition) is 0. The molecule has 0 amide bonds. The quantitative estimate of drug-likeness (QED) is 0.772. The van der Waals surface area contributed by atoms with Crippen molar-refractivity contribution >= 4 is 0 Å². The molecule has 20 heavy (non-hydrogen) atoms. The largest absolute Gasteiger partial charge is 0.378 e. The zero-order valence-corrected chi connectivity index (χ0v) is 11.8. The normalized spacial score (nSPS) is 26.5. The predicted octanol–water partition coefficient (Wildman–Crippen LogP) is 2.85. The van der Waals surface area contributed by atoms with Gasteiger partial charge in [-0.2, -0.15) is 0 Å². The van der Waals surface area contributed by atoms with Gasteiger partial charge in [0.05, 0.1) is 19.3 Å². The molecular weight excluding hydrogens is 260 g/mol. The smallest absolute Gasteiger partial charge is 0.162 e. The zero-order valence-electron chi connectivity index (χ0n) is 11.8. The van der Waals surface area contributed by atoms with E-state index >= 15 is 0 Å². The second kappa shape index (κ2) is 5.26. The molecule has 0 aromatic heterocycles. The second-order valence-electron chi connectivity index (χ2n) is 5.80. The maximum atomic E-state index is 13.9. The molecule has 1 saturated heterocycles. The maximum absolute atomic E-state index is 13.9. The zero-order chi connectivity index (χ0) is 14.3. The molecule has 108 valence electrons. The third-order valence-corrected chi connectivity index (χ3v) is 4.40. The number of rotatable bonds is 2. The van der Waals surface area contributed by atoms with Gasteiger partial charge >= 0.3 is 0 Å². The van der Waals surface area contributed by atoms with Crippen molar-refractivity contribution < 1.29 is 13.5 Å². The number of aryl methyl sites for hydroxylation is 1. The van der Waals surface area contributed by atoms with E-state index in [-0.39, 0.29) is 6.04 Å². The molecule has 1 aromatic carbocycles. The molecule has 1 aromatic rings. The molecular formula is C16H19F2NO. The standard InChI is InChI=1S/C16H19F2NO/c1-10-3-4-12(16(18)15(10)17)5-11-6-13-8-20-9-14(7-11)19(13)2/h3-4,6,13-14H,5,7-9H2,1-2H3. The summed E-state index contributed by atoms with van der Waals surface area (Å²) in [5, 5.41) is 0. The van der Waals surface area contributed by atoms with Crippen LogP contribution in [0.4, 0.5) is 8.78 Å². The predicted molar refractivity (Wildman–Crippen MR) is 73.7 cm³/mol. The van der Waals surface area contributed by atoms with Gasteiger partial charge in [0.1, 0.15) is 0 Å². The number of halogens is 2. The highest BCUT2D eigenvalue weighted by Crippen LogP contribution is 2.28. The van der Waals surface area contributed by atoms with Crippen LogP contribution in [0, 0.1) is 18.6 Å². The van der Waals surface area contributed by atoms with Gasteiger partial charge in [-0.25, -0.2) is 8.78 Å². The van der Waals surface area contributed by atoms with Crippen LogP contribution in [0.5, 0.6) is 0 Å². The van der Waals surface area contributed by atoms with Crippen molar-refractivity contribution in [1.82, 2.24) is 4.90 Å². The summed E-state index contributed by atoms with van der Waals surface area (Å²) in [6.07, 6.45) is 3.50. The van der Waals surface area contributed by atoms with Gasteiger partial charge in [-0.1, -0.05) is 23.8 Å². The summed E-state index contributed by atoms with van der Waals surface area (Å²) in [4.78, 5) is 2.30. The summed E-state index contributed by atoms with van der Waals surface area (Å²) in [6.45, 7) is 2.98. The topological polar surface area (TPSA) is 12.5 Å². The molecule has 2 aliphatic rings. The van der Waals surface area contributed by atoms with E-state index in [1.165, 1.54) is 5.57 Å². The Morgan fingerprint density at radius 3 is 2.80 bits per heavy atom. The van der Waals surface area contributed by atoms with Crippen LogP contribution < -0.4 is 0 Å². The minimum Gasteiger partial charge on any atom is -0.378 e. The summed E-state index contributed by atoms with van der Waals surface area (Å²) >= 11 is 0. The fourth-order valence-corrected chi connectivity index (χ4v) is 3.04. The van der Waals surface area contributed by atoms with Crippen LogP contribution in [-0.2, 0) is 11.2 Å². The average Bonchev–Trinajstić information content (AvgIpc) is 2.40. The van der Waals surface area contributed by atoms with Gasteiger partial charge in [-0.05, 0) is 37.9 Å². The van der Waals surface area contributed by atoms with Gasteiger partial charge in [-0.3, -0.25) is 4.90 Å². The number of likely N-dealkylation sites (N-methyl/N-ethyl adjacent to an activating group) is 1. The molecule has 0 radical (unpaired) electrons. The molecule has 2 nitrogen and oxygen atoms in total. The Bertz CT molecular complexity index is 556. The first kappa shape index (κ1) is 13.7. The summed E-state index contributed by atoms with van der Waals surface area (Å²) in [6, 6.07) is 3.95. The van der Waals surface area contributed by atoms with Crippen LogP contribution in [0.1, 0.15) is 17.5 Å². The van der Waals surface area contributed by atoms with E-state index < -0.39 is 11.6 Å². The van der Waals surface area contributed by atoms with Crippen molar-refractivity contribution in [2.24, 2.45) is 0 Å². The number of ether oxygens (including phenoxy) is 1. The summed E-state index contributed by atoms with van der Waals surface area (Å²) in [5.74, 6) is -1.43. The SMILES string of the molecule is Cc1ccc(CC2=CC3COCC(C2)N3C)c(F)c1F. The molecule has 0 N–H and O–H groups in total. The lowest BCUT2D eigenvalue weighted by Crippen LogP contribution is -2.51. The molecule has 0 saturated carbocycles. The van der Waals surface area contributed by atoms with Crippen LogP contribution in [0.25, 0.3) is 0 Å². The molecule has 3 rings (SSSR count). The average molecular weight is 279 g/mol. The minimum absolute atomic E-state index is 0.260. The van der Waals surface area contributed by atoms with Gasteiger partial charge in [0.2, 0.25) is 0 Å². The Morgan fingerprint density at radius 2 is 2.05 bits per heavy atom. The Kier molecular flexibility index (Phi) is 3.61. The molecule has 2 heterocycles. The fraction of sp³-hybridized carbons (Fsp3) is 0.500. The van der Waals surface area contributed by atoms with E-state index in [4.69, 9.17) is 4.74 Å². The molecule has 2 unspecified atom stereocenters. The highest BCUT2D eigenvalue weighted by atomic mass is 19.2. The number of nitrogens with zero attached hydrogens (tertiary/aromatic N) is 1. The summed E-state index contributed by atoms with van der Waals surface area (Å²) in [7, 11) is 2.09. The van der Waals surface area contributed by atoms with E-state index in [0.717, 1.165) is 13.0 Å². The Morgan fingerprint density at radius 1 is 1.25 bits per heavy atom. The fourth-order valence-electron chi connectivity index (χ4n) is 3.04. The van der Waals surface area contributed by atoms with Crippen molar-refractivity contribution in [1.29, 1.82) is 0 Å². The lowest BCUT2D eigenvalue weighted by molar-refractivity contribution is -0.0260. The van der Waals surface area contributed by atoms with Crippen LogP contribution in [0.15, 0.2) is 23.8 Å². The highest BCUT2D eigenvalue weighted by molar-refractivity contribution is 5.30. The van der Waals surface area contributed by atoms with Gasteiger partial charge in [0.15, 0.2) is 11.6 Å². The third kappa shape index (κ3) is 2.38. The van der Waals surface area contributed by atoms with Crippen LogP contribution in [0.2, 0.25) is 0 Å². The van der Waals surface area contributed by atoms with E-state index in [1.807, 2.05) is 0 Å². The van der Waals surface area contributed by atoms with Crippen molar-refractivity contribution in [3.8, 4) is 0 Å². The molecule has 2 bridgehead atoms. The van der Waals surface area contributed by atoms with E-state index in [9.17, 15) is 8.78 Å². The first-order chi connectivity index (χ1) is 9.56. The molecule has 2 atom stereocenters. The van der Waals surface area contributed by atoms with Gasteiger partial charge < -0.3 is 4.74 Å². The molecule has 4 heteroatoms. The van der Waals surface area contributed by atoms with Crippen LogP contribution >= 0.6 is 0 Å². The first-order valence-corrected chi connectivity index (χ1v) is 6.99. The third-order valence-electron chi connectivity index (χ3n) is 4.40. The van der Waals surface area contributed by atoms with E-state index in [1.54, 1.807) is 19.1 Å². The Labute approximate surface area is 118 Å². The number of fused-ring (bicyclic) bond motifs is 2. The van der Waals surface area contributed by atoms with Gasteiger partial charge in [-0.15, -0.1) is 0 Å². The van der Waals surface area contributed by atoms with Gasteiger partial charge in [0, 0.05) is 6.04 Å². The van der Waals surface area contributed by atoms with Crippen molar-refractivity contribution in [2.75, 3.05) is 20.3 Å². The van der Waals surface area contributed by atoms with Gasteiger partial charge in [0.25, 0.3) is 0 Å². The first-order valence-electron chi connectivity index (χ1n) is 6.99. The summed E-state index contributed by atoms with van der Waals surface area (Å²) < 4.78 is 33.1. The Balaban J connectivity index is 1.84. The number of benzene rings is 1. The van der Waals surface area contributed by atoms with Crippen LogP contribution in [0.3, 0.4) is 0 Å². The summed E-state index contributed by atoms with van der Waals surface area (Å²) in [5.41, 5.74) is 1.99.